The maximum atomic E-state index is 11.4. The molecule has 0 bridgehead atoms. The van der Waals surface area contributed by atoms with Gasteiger partial charge in [0, 0.05) is 0 Å². The number of hydrogen-bond acceptors (Lipinski definition) is 3. The van der Waals surface area contributed by atoms with E-state index in [0.29, 0.717) is 0 Å². The Morgan fingerprint density at radius 2 is 2.15 bits per heavy atom. The molecule has 2 atom stereocenters. The van der Waals surface area contributed by atoms with E-state index in [4.69, 9.17) is 9.31 Å². The minimum Gasteiger partial charge on any atom is -0.405 e. The largest absolute Gasteiger partial charge is 0.457 e. The number of rotatable bonds is 3. The molecule has 1 saturated heterocycles. The molecular formula is C9H17BO3. The van der Waals surface area contributed by atoms with E-state index in [9.17, 15) is 4.79 Å². The standard InChI is InChI=1S/C9H17BO3/c1-5-8-9(4,7(3)11)13-10(6-2)12-8/h8H,5-6H2,1-4H3. The van der Waals surface area contributed by atoms with Crippen molar-refractivity contribution in [2.75, 3.05) is 0 Å². The second-order valence-corrected chi connectivity index (χ2v) is 3.65. The van der Waals surface area contributed by atoms with Crippen molar-refractivity contribution in [2.45, 2.75) is 52.1 Å². The quantitative estimate of drug-likeness (QED) is 0.625. The third-order valence-corrected chi connectivity index (χ3v) is 2.71. The van der Waals surface area contributed by atoms with Crippen molar-refractivity contribution in [3.63, 3.8) is 0 Å². The van der Waals surface area contributed by atoms with Gasteiger partial charge in [-0.05, 0) is 26.6 Å². The number of carbonyl (C=O) groups is 1. The van der Waals surface area contributed by atoms with E-state index in [0.717, 1.165) is 12.7 Å². The molecule has 0 N–H and O–H groups in total. The summed E-state index contributed by atoms with van der Waals surface area (Å²) in [5, 5.41) is 0. The Morgan fingerprint density at radius 1 is 1.54 bits per heavy atom. The van der Waals surface area contributed by atoms with Gasteiger partial charge in [-0.15, -0.1) is 0 Å². The first-order chi connectivity index (χ1) is 6.04. The van der Waals surface area contributed by atoms with Gasteiger partial charge in [0.1, 0.15) is 5.60 Å². The molecule has 0 aromatic rings. The lowest BCUT2D eigenvalue weighted by atomic mass is 9.86. The lowest BCUT2D eigenvalue weighted by molar-refractivity contribution is -0.132. The molecule has 4 heteroatoms. The smallest absolute Gasteiger partial charge is 0.405 e. The van der Waals surface area contributed by atoms with Crippen LogP contribution in [-0.4, -0.2) is 24.6 Å². The zero-order chi connectivity index (χ0) is 10.1. The van der Waals surface area contributed by atoms with Gasteiger partial charge >= 0.3 is 7.12 Å². The summed E-state index contributed by atoms with van der Waals surface area (Å²) in [7, 11) is -0.209. The Balaban J connectivity index is 2.78. The Kier molecular flexibility index (Phi) is 3.14. The predicted molar refractivity (Wildman–Crippen MR) is 51.6 cm³/mol. The van der Waals surface area contributed by atoms with E-state index in [1.807, 2.05) is 20.8 Å². The van der Waals surface area contributed by atoms with Gasteiger partial charge in [-0.3, -0.25) is 4.79 Å². The Hall–Kier alpha value is -0.345. The molecular weight excluding hydrogens is 167 g/mol. The van der Waals surface area contributed by atoms with Crippen LogP contribution in [0, 0.1) is 0 Å². The second-order valence-electron chi connectivity index (χ2n) is 3.65. The summed E-state index contributed by atoms with van der Waals surface area (Å²) in [5.74, 6) is 0.0512. The van der Waals surface area contributed by atoms with Gasteiger partial charge in [-0.2, -0.15) is 0 Å². The van der Waals surface area contributed by atoms with Crippen LogP contribution < -0.4 is 0 Å². The number of hydrogen-bond donors (Lipinski definition) is 0. The van der Waals surface area contributed by atoms with Crippen LogP contribution >= 0.6 is 0 Å². The van der Waals surface area contributed by atoms with Gasteiger partial charge < -0.3 is 9.31 Å². The summed E-state index contributed by atoms with van der Waals surface area (Å²) >= 11 is 0. The molecule has 0 aromatic carbocycles. The molecule has 0 aliphatic carbocycles. The average molecular weight is 184 g/mol. The highest BCUT2D eigenvalue weighted by atomic mass is 16.7. The molecule has 1 heterocycles. The molecule has 0 radical (unpaired) electrons. The normalized spacial score (nSPS) is 33.8. The van der Waals surface area contributed by atoms with E-state index in [2.05, 4.69) is 0 Å². The van der Waals surface area contributed by atoms with Crippen LogP contribution in [0.3, 0.4) is 0 Å². The maximum absolute atomic E-state index is 11.4. The maximum Gasteiger partial charge on any atom is 0.457 e. The van der Waals surface area contributed by atoms with E-state index in [1.54, 1.807) is 6.92 Å². The monoisotopic (exact) mass is 184 g/mol. The summed E-state index contributed by atoms with van der Waals surface area (Å²) in [6.07, 6.45) is 1.52. The summed E-state index contributed by atoms with van der Waals surface area (Å²) in [5.41, 5.74) is -0.727. The minimum absolute atomic E-state index is 0.0512. The van der Waals surface area contributed by atoms with Crippen molar-refractivity contribution >= 4 is 12.9 Å². The fourth-order valence-electron chi connectivity index (χ4n) is 1.66. The fourth-order valence-corrected chi connectivity index (χ4v) is 1.66. The second kappa shape index (κ2) is 3.80. The molecule has 1 aliphatic rings. The molecule has 1 aliphatic heterocycles. The SMILES string of the molecule is CCB1OC(CC)C(C)(C(C)=O)O1. The molecule has 74 valence electrons. The molecule has 13 heavy (non-hydrogen) atoms. The van der Waals surface area contributed by atoms with Crippen molar-refractivity contribution in [3.8, 4) is 0 Å². The van der Waals surface area contributed by atoms with Gasteiger partial charge in [0.15, 0.2) is 5.78 Å². The van der Waals surface area contributed by atoms with Gasteiger partial charge in [0.05, 0.1) is 6.10 Å². The van der Waals surface area contributed by atoms with E-state index in [1.165, 1.54) is 0 Å². The predicted octanol–water partition coefficient (Wildman–Crippen LogP) is 1.67. The van der Waals surface area contributed by atoms with Gasteiger partial charge in [-0.25, -0.2) is 0 Å². The topological polar surface area (TPSA) is 35.5 Å². The van der Waals surface area contributed by atoms with Crippen LogP contribution in [0.25, 0.3) is 0 Å². The van der Waals surface area contributed by atoms with Crippen molar-refractivity contribution in [1.29, 1.82) is 0 Å². The molecule has 0 amide bonds. The fraction of sp³-hybridized carbons (Fsp3) is 0.889. The van der Waals surface area contributed by atoms with Crippen LogP contribution in [0.2, 0.25) is 6.32 Å². The molecule has 0 spiro atoms. The first-order valence-corrected chi connectivity index (χ1v) is 4.88. The van der Waals surface area contributed by atoms with Crippen molar-refractivity contribution in [1.82, 2.24) is 0 Å². The summed E-state index contributed by atoms with van der Waals surface area (Å²) < 4.78 is 11.2. The lowest BCUT2D eigenvalue weighted by Gasteiger charge is -2.26. The van der Waals surface area contributed by atoms with Gasteiger partial charge in [0.25, 0.3) is 0 Å². The molecule has 1 rings (SSSR count). The number of Topliss-reactive ketones (excluding diaryl/α,β-unsaturated/α-hetero) is 1. The summed E-state index contributed by atoms with van der Waals surface area (Å²) in [4.78, 5) is 11.4. The van der Waals surface area contributed by atoms with Crippen molar-refractivity contribution < 1.29 is 14.1 Å². The minimum atomic E-state index is -0.727. The first-order valence-electron chi connectivity index (χ1n) is 4.88. The first kappa shape index (κ1) is 10.7. The molecule has 0 saturated carbocycles. The zero-order valence-corrected chi connectivity index (χ0v) is 8.79. The van der Waals surface area contributed by atoms with Gasteiger partial charge in [-0.1, -0.05) is 13.8 Å². The van der Waals surface area contributed by atoms with Crippen LogP contribution in [0.1, 0.15) is 34.1 Å². The van der Waals surface area contributed by atoms with E-state index in [-0.39, 0.29) is 19.0 Å². The highest BCUT2D eigenvalue weighted by Gasteiger charge is 2.49. The summed E-state index contributed by atoms with van der Waals surface area (Å²) in [6, 6.07) is 0. The average Bonchev–Trinajstić information content (AvgIpc) is 2.43. The van der Waals surface area contributed by atoms with E-state index < -0.39 is 5.60 Å². The Bertz CT molecular complexity index is 207. The number of carbonyl (C=O) groups excluding carboxylic acids is 1. The zero-order valence-electron chi connectivity index (χ0n) is 8.79. The van der Waals surface area contributed by atoms with Crippen molar-refractivity contribution in [2.24, 2.45) is 0 Å². The van der Waals surface area contributed by atoms with Crippen LogP contribution in [0.15, 0.2) is 0 Å². The van der Waals surface area contributed by atoms with Crippen molar-refractivity contribution in [3.05, 3.63) is 0 Å². The van der Waals surface area contributed by atoms with E-state index >= 15 is 0 Å². The molecule has 1 fully saturated rings. The third kappa shape index (κ3) is 1.79. The molecule has 3 nitrogen and oxygen atoms in total. The Labute approximate surface area is 79.9 Å². The summed E-state index contributed by atoms with van der Waals surface area (Å²) in [6.45, 7) is 7.37. The third-order valence-electron chi connectivity index (χ3n) is 2.71. The highest BCUT2D eigenvalue weighted by Crippen LogP contribution is 2.31. The number of ketones is 1. The van der Waals surface area contributed by atoms with Crippen LogP contribution in [0.5, 0.6) is 0 Å². The highest BCUT2D eigenvalue weighted by molar-refractivity contribution is 6.45. The lowest BCUT2D eigenvalue weighted by Crippen LogP contribution is -2.43. The molecule has 2 unspecified atom stereocenters. The molecule has 0 aromatic heterocycles. The van der Waals surface area contributed by atoms with Crippen LogP contribution in [-0.2, 0) is 14.1 Å². The van der Waals surface area contributed by atoms with Crippen LogP contribution in [0.4, 0.5) is 0 Å². The van der Waals surface area contributed by atoms with Gasteiger partial charge in [0.2, 0.25) is 0 Å². The Morgan fingerprint density at radius 3 is 2.46 bits per heavy atom.